The van der Waals surface area contributed by atoms with Gasteiger partial charge in [0.2, 0.25) is 0 Å². The number of thiazole rings is 2. The lowest BCUT2D eigenvalue weighted by atomic mass is 10.2. The SMILES string of the molecule is c1csc(SCCCCCCCSc2nccs2)n1. The highest BCUT2D eigenvalue weighted by Crippen LogP contribution is 2.23. The maximum Gasteiger partial charge on any atom is 0.149 e. The lowest BCUT2D eigenvalue weighted by Crippen LogP contribution is -1.84. The Balaban J connectivity index is 1.36. The molecule has 2 aromatic rings. The molecule has 0 saturated carbocycles. The molecule has 2 aromatic heterocycles. The molecule has 0 radical (unpaired) electrons. The van der Waals surface area contributed by atoms with Crippen LogP contribution in [0.5, 0.6) is 0 Å². The van der Waals surface area contributed by atoms with E-state index in [1.807, 2.05) is 46.7 Å². The minimum Gasteiger partial charge on any atom is -0.238 e. The number of unbranched alkanes of at least 4 members (excludes halogenated alkanes) is 4. The Hall–Kier alpha value is -0.0400. The molecule has 0 aliphatic heterocycles. The predicted octanol–water partition coefficient (Wildman–Crippen LogP) is 5.43. The lowest BCUT2D eigenvalue weighted by molar-refractivity contribution is 0.662. The van der Waals surface area contributed by atoms with Crippen LogP contribution in [0.15, 0.2) is 31.8 Å². The first-order chi connectivity index (χ1) is 9.45. The van der Waals surface area contributed by atoms with Gasteiger partial charge in [0.1, 0.15) is 8.68 Å². The van der Waals surface area contributed by atoms with E-state index in [1.54, 1.807) is 22.7 Å². The van der Waals surface area contributed by atoms with Gasteiger partial charge >= 0.3 is 0 Å². The zero-order chi connectivity index (χ0) is 13.2. The van der Waals surface area contributed by atoms with Gasteiger partial charge in [0.15, 0.2) is 0 Å². The Morgan fingerprint density at radius 1 is 0.737 bits per heavy atom. The second-order valence-electron chi connectivity index (χ2n) is 4.06. The fraction of sp³-hybridized carbons (Fsp3) is 0.538. The summed E-state index contributed by atoms with van der Waals surface area (Å²) in [6.45, 7) is 0. The third-order valence-corrected chi connectivity index (χ3v) is 6.66. The second-order valence-corrected chi connectivity index (χ2v) is 8.53. The maximum atomic E-state index is 4.27. The van der Waals surface area contributed by atoms with Crippen molar-refractivity contribution in [2.75, 3.05) is 11.5 Å². The Morgan fingerprint density at radius 2 is 1.21 bits per heavy atom. The Labute approximate surface area is 131 Å². The van der Waals surface area contributed by atoms with Gasteiger partial charge in [0.25, 0.3) is 0 Å². The highest BCUT2D eigenvalue weighted by Gasteiger charge is 1.98. The first-order valence-electron chi connectivity index (χ1n) is 6.50. The van der Waals surface area contributed by atoms with Crippen molar-refractivity contribution >= 4 is 46.2 Å². The van der Waals surface area contributed by atoms with Gasteiger partial charge in [-0.2, -0.15) is 0 Å². The Bertz CT molecular complexity index is 374. The molecule has 2 heterocycles. The molecule has 2 nitrogen and oxygen atoms in total. The molecule has 0 aliphatic carbocycles. The van der Waals surface area contributed by atoms with Crippen LogP contribution in [-0.2, 0) is 0 Å². The van der Waals surface area contributed by atoms with Crippen molar-refractivity contribution in [2.24, 2.45) is 0 Å². The number of rotatable bonds is 10. The van der Waals surface area contributed by atoms with E-state index in [0.717, 1.165) is 0 Å². The fourth-order valence-electron chi connectivity index (χ4n) is 1.62. The van der Waals surface area contributed by atoms with Crippen LogP contribution in [0, 0.1) is 0 Å². The van der Waals surface area contributed by atoms with E-state index in [9.17, 15) is 0 Å². The third kappa shape index (κ3) is 6.79. The molecule has 6 heteroatoms. The molecule has 0 amide bonds. The first kappa shape index (κ1) is 15.4. The molecule has 104 valence electrons. The van der Waals surface area contributed by atoms with Gasteiger partial charge in [-0.05, 0) is 12.8 Å². The molecule has 19 heavy (non-hydrogen) atoms. The summed E-state index contributed by atoms with van der Waals surface area (Å²) in [7, 11) is 0. The normalized spacial score (nSPS) is 10.9. The molecule has 0 atom stereocenters. The standard InChI is InChI=1S/C13H18N2S4/c1(2-4-8-16-12-14-6-10-18-12)3-5-9-17-13-15-7-11-19-13/h6-7,10-11H,1-5,8-9H2. The minimum absolute atomic E-state index is 1.21. The van der Waals surface area contributed by atoms with Gasteiger partial charge in [-0.15, -0.1) is 22.7 Å². The number of hydrogen-bond acceptors (Lipinski definition) is 6. The summed E-state index contributed by atoms with van der Waals surface area (Å²) >= 11 is 7.26. The van der Waals surface area contributed by atoms with E-state index in [-0.39, 0.29) is 0 Å². The Kier molecular flexibility index (Phi) is 7.92. The summed E-state index contributed by atoms with van der Waals surface area (Å²) in [5, 5.41) is 4.09. The predicted molar refractivity (Wildman–Crippen MR) is 88.8 cm³/mol. The summed E-state index contributed by atoms with van der Waals surface area (Å²) < 4.78 is 2.42. The third-order valence-electron chi connectivity index (χ3n) is 2.56. The average Bonchev–Trinajstić information content (AvgIpc) is 3.10. The largest absolute Gasteiger partial charge is 0.238 e. The van der Waals surface area contributed by atoms with Crippen molar-refractivity contribution in [3.63, 3.8) is 0 Å². The quantitative estimate of drug-likeness (QED) is 0.428. The monoisotopic (exact) mass is 330 g/mol. The van der Waals surface area contributed by atoms with Crippen LogP contribution in [-0.4, -0.2) is 21.5 Å². The first-order valence-corrected chi connectivity index (χ1v) is 10.2. The maximum absolute atomic E-state index is 4.27. The highest BCUT2D eigenvalue weighted by atomic mass is 32.2. The highest BCUT2D eigenvalue weighted by molar-refractivity contribution is 8.01. The molecule has 0 N–H and O–H groups in total. The van der Waals surface area contributed by atoms with Gasteiger partial charge in [-0.25, -0.2) is 9.97 Å². The second kappa shape index (κ2) is 9.80. The van der Waals surface area contributed by atoms with Gasteiger partial charge in [-0.3, -0.25) is 0 Å². The molecule has 0 saturated heterocycles. The van der Waals surface area contributed by atoms with Crippen LogP contribution in [0.25, 0.3) is 0 Å². The zero-order valence-electron chi connectivity index (χ0n) is 10.8. The van der Waals surface area contributed by atoms with Crippen molar-refractivity contribution in [1.29, 1.82) is 0 Å². The molecule has 0 spiro atoms. The van der Waals surface area contributed by atoms with Crippen LogP contribution in [0.2, 0.25) is 0 Å². The minimum atomic E-state index is 1.21. The van der Waals surface area contributed by atoms with E-state index in [2.05, 4.69) is 9.97 Å². The molecule has 0 aromatic carbocycles. The van der Waals surface area contributed by atoms with Crippen LogP contribution in [0.4, 0.5) is 0 Å². The Morgan fingerprint density at radius 3 is 1.63 bits per heavy atom. The van der Waals surface area contributed by atoms with Gasteiger partial charge in [0.05, 0.1) is 0 Å². The molecular weight excluding hydrogens is 312 g/mol. The van der Waals surface area contributed by atoms with Gasteiger partial charge in [-0.1, -0.05) is 42.8 Å². The summed E-state index contributed by atoms with van der Waals surface area (Å²) in [5.74, 6) is 2.42. The smallest absolute Gasteiger partial charge is 0.149 e. The van der Waals surface area contributed by atoms with Crippen molar-refractivity contribution < 1.29 is 0 Å². The van der Waals surface area contributed by atoms with Crippen molar-refractivity contribution in [3.05, 3.63) is 23.2 Å². The van der Waals surface area contributed by atoms with Crippen LogP contribution in [0.3, 0.4) is 0 Å². The molecular formula is C13H18N2S4. The van der Waals surface area contributed by atoms with Crippen molar-refractivity contribution in [1.82, 2.24) is 9.97 Å². The average molecular weight is 331 g/mol. The topological polar surface area (TPSA) is 25.8 Å². The van der Waals surface area contributed by atoms with Crippen LogP contribution >= 0.6 is 46.2 Å². The molecule has 0 fully saturated rings. The summed E-state index contributed by atoms with van der Waals surface area (Å²) in [6.07, 6.45) is 10.4. The van der Waals surface area contributed by atoms with Crippen molar-refractivity contribution in [3.8, 4) is 0 Å². The van der Waals surface area contributed by atoms with E-state index in [4.69, 9.17) is 0 Å². The summed E-state index contributed by atoms with van der Waals surface area (Å²) in [6, 6.07) is 0. The van der Waals surface area contributed by atoms with E-state index in [1.165, 1.54) is 52.3 Å². The number of thioether (sulfide) groups is 2. The zero-order valence-corrected chi connectivity index (χ0v) is 14.1. The molecule has 0 unspecified atom stereocenters. The summed E-state index contributed by atoms with van der Waals surface area (Å²) in [4.78, 5) is 8.55. The fourth-order valence-corrected chi connectivity index (χ4v) is 5.03. The van der Waals surface area contributed by atoms with Gasteiger partial charge in [0, 0.05) is 34.7 Å². The van der Waals surface area contributed by atoms with Crippen molar-refractivity contribution in [2.45, 2.75) is 40.8 Å². The van der Waals surface area contributed by atoms with E-state index in [0.29, 0.717) is 0 Å². The molecule has 2 rings (SSSR count). The van der Waals surface area contributed by atoms with Crippen LogP contribution in [0.1, 0.15) is 32.1 Å². The van der Waals surface area contributed by atoms with E-state index < -0.39 is 0 Å². The number of aromatic nitrogens is 2. The number of hydrogen-bond donors (Lipinski definition) is 0. The van der Waals surface area contributed by atoms with E-state index >= 15 is 0 Å². The van der Waals surface area contributed by atoms with Gasteiger partial charge < -0.3 is 0 Å². The molecule has 0 bridgehead atoms. The molecule has 0 aliphatic rings. The summed E-state index contributed by atoms with van der Waals surface area (Å²) in [5.41, 5.74) is 0. The van der Waals surface area contributed by atoms with Crippen LogP contribution < -0.4 is 0 Å². The lowest BCUT2D eigenvalue weighted by Gasteiger charge is -2.00. The number of nitrogens with zero attached hydrogens (tertiary/aromatic N) is 2.